The van der Waals surface area contributed by atoms with E-state index in [1.54, 1.807) is 29.5 Å². The number of piperidine rings is 1. The van der Waals surface area contributed by atoms with Gasteiger partial charge in [-0.25, -0.2) is 4.98 Å². The van der Waals surface area contributed by atoms with E-state index in [4.69, 9.17) is 14.5 Å². The molecule has 3 aromatic rings. The summed E-state index contributed by atoms with van der Waals surface area (Å²) in [6.45, 7) is 2.43. The van der Waals surface area contributed by atoms with E-state index in [0.29, 0.717) is 29.6 Å². The van der Waals surface area contributed by atoms with E-state index in [-0.39, 0.29) is 6.79 Å². The molecule has 1 fully saturated rings. The van der Waals surface area contributed by atoms with Crippen LogP contribution < -0.4 is 25.0 Å². The fourth-order valence-electron chi connectivity index (χ4n) is 3.80. The second-order valence-corrected chi connectivity index (χ2v) is 8.64. The van der Waals surface area contributed by atoms with Gasteiger partial charge < -0.3 is 25.0 Å². The summed E-state index contributed by atoms with van der Waals surface area (Å²) in [7, 11) is 0. The number of nitrogens with one attached hydrogen (secondary N) is 2. The van der Waals surface area contributed by atoms with Gasteiger partial charge in [-0.15, -0.1) is 0 Å². The van der Waals surface area contributed by atoms with Crippen LogP contribution in [0.15, 0.2) is 42.5 Å². The number of aromatic nitrogens is 1. The van der Waals surface area contributed by atoms with Crippen molar-refractivity contribution in [2.45, 2.75) is 12.8 Å². The molecule has 5 rings (SSSR count). The first-order chi connectivity index (χ1) is 15.2. The highest BCUT2D eigenvalue weighted by molar-refractivity contribution is 7.22. The smallest absolute Gasteiger partial charge is 0.313 e. The molecule has 0 unspecified atom stereocenters. The second-order valence-electron chi connectivity index (χ2n) is 7.63. The third kappa shape index (κ3) is 4.27. The Morgan fingerprint density at radius 3 is 2.71 bits per heavy atom. The van der Waals surface area contributed by atoms with E-state index in [1.807, 2.05) is 18.2 Å². The molecule has 0 saturated carbocycles. The molecule has 1 saturated heterocycles. The molecule has 0 spiro atoms. The Labute approximate surface area is 183 Å². The summed E-state index contributed by atoms with van der Waals surface area (Å²) in [6.07, 6.45) is 1.89. The molecule has 2 aliphatic heterocycles. The number of para-hydroxylation sites is 1. The molecule has 31 heavy (non-hydrogen) atoms. The Hall–Kier alpha value is -3.33. The zero-order valence-corrected chi connectivity index (χ0v) is 17.6. The quantitative estimate of drug-likeness (QED) is 0.609. The molecule has 0 radical (unpaired) electrons. The summed E-state index contributed by atoms with van der Waals surface area (Å²) in [5.74, 6) is 0.197. The zero-order chi connectivity index (χ0) is 21.2. The van der Waals surface area contributed by atoms with Crippen LogP contribution in [0.1, 0.15) is 12.8 Å². The van der Waals surface area contributed by atoms with Crippen LogP contribution in [0.2, 0.25) is 0 Å². The molecule has 3 heterocycles. The van der Waals surface area contributed by atoms with Gasteiger partial charge in [0.1, 0.15) is 0 Å². The molecule has 160 valence electrons. The van der Waals surface area contributed by atoms with E-state index in [9.17, 15) is 9.59 Å². The van der Waals surface area contributed by atoms with Gasteiger partial charge in [0.2, 0.25) is 6.79 Å². The van der Waals surface area contributed by atoms with Gasteiger partial charge in [0.25, 0.3) is 0 Å². The van der Waals surface area contributed by atoms with E-state index >= 15 is 0 Å². The molecule has 0 aliphatic carbocycles. The number of hydrogen-bond acceptors (Lipinski definition) is 7. The number of nitrogens with zero attached hydrogens (tertiary/aromatic N) is 2. The SMILES string of the molecule is O=C(NCC1CCN(c2nc3ccccc3s2)CC1)C(=O)Nc1ccc2c(c1)OCO2. The van der Waals surface area contributed by atoms with Crippen molar-refractivity contribution in [3.05, 3.63) is 42.5 Å². The Bertz CT molecular complexity index is 1090. The highest BCUT2D eigenvalue weighted by Crippen LogP contribution is 2.34. The third-order valence-corrected chi connectivity index (χ3v) is 6.65. The molecule has 9 heteroatoms. The number of thiazole rings is 1. The first-order valence-corrected chi connectivity index (χ1v) is 11.1. The summed E-state index contributed by atoms with van der Waals surface area (Å²) in [6, 6.07) is 13.2. The van der Waals surface area contributed by atoms with E-state index in [2.05, 4.69) is 21.6 Å². The number of carbonyl (C=O) groups excluding carboxylic acids is 2. The van der Waals surface area contributed by atoms with Gasteiger partial charge in [0, 0.05) is 31.4 Å². The molecule has 1 aromatic heterocycles. The van der Waals surface area contributed by atoms with Crippen molar-refractivity contribution in [1.82, 2.24) is 10.3 Å². The van der Waals surface area contributed by atoms with Crippen molar-refractivity contribution in [3.8, 4) is 11.5 Å². The summed E-state index contributed by atoms with van der Waals surface area (Å²) < 4.78 is 11.7. The monoisotopic (exact) mass is 438 g/mol. The van der Waals surface area contributed by atoms with Crippen molar-refractivity contribution in [3.63, 3.8) is 0 Å². The molecular formula is C22H22N4O4S. The fraction of sp³-hybridized carbons (Fsp3) is 0.318. The lowest BCUT2D eigenvalue weighted by Gasteiger charge is -2.31. The largest absolute Gasteiger partial charge is 0.454 e. The summed E-state index contributed by atoms with van der Waals surface area (Å²) in [4.78, 5) is 31.4. The van der Waals surface area contributed by atoms with Gasteiger partial charge in [0.05, 0.1) is 10.2 Å². The van der Waals surface area contributed by atoms with Gasteiger partial charge >= 0.3 is 11.8 Å². The van der Waals surface area contributed by atoms with Gasteiger partial charge in [-0.2, -0.15) is 0 Å². The van der Waals surface area contributed by atoms with Crippen LogP contribution in [0.25, 0.3) is 10.2 Å². The lowest BCUT2D eigenvalue weighted by molar-refractivity contribution is -0.136. The first kappa shape index (κ1) is 19.6. The Kier molecular flexibility index (Phi) is 5.33. The van der Waals surface area contributed by atoms with Crippen LogP contribution in [0.3, 0.4) is 0 Å². The molecule has 0 atom stereocenters. The van der Waals surface area contributed by atoms with Crippen LogP contribution >= 0.6 is 11.3 Å². The lowest BCUT2D eigenvalue weighted by Crippen LogP contribution is -2.41. The van der Waals surface area contributed by atoms with Crippen LogP contribution in [-0.4, -0.2) is 43.2 Å². The second kappa shape index (κ2) is 8.43. The number of benzene rings is 2. The highest BCUT2D eigenvalue weighted by Gasteiger charge is 2.23. The van der Waals surface area contributed by atoms with Crippen LogP contribution in [0.4, 0.5) is 10.8 Å². The van der Waals surface area contributed by atoms with E-state index in [0.717, 1.165) is 36.6 Å². The number of amides is 2. The maximum Gasteiger partial charge on any atom is 0.313 e. The molecule has 2 amide bonds. The minimum absolute atomic E-state index is 0.158. The topological polar surface area (TPSA) is 92.8 Å². The highest BCUT2D eigenvalue weighted by atomic mass is 32.1. The van der Waals surface area contributed by atoms with Crippen LogP contribution in [0, 0.1) is 5.92 Å². The van der Waals surface area contributed by atoms with Crippen molar-refractivity contribution in [2.75, 3.05) is 36.6 Å². The molecule has 2 N–H and O–H groups in total. The zero-order valence-electron chi connectivity index (χ0n) is 16.8. The fourth-order valence-corrected chi connectivity index (χ4v) is 4.82. The minimum Gasteiger partial charge on any atom is -0.454 e. The summed E-state index contributed by atoms with van der Waals surface area (Å²) >= 11 is 1.71. The van der Waals surface area contributed by atoms with Gasteiger partial charge in [-0.05, 0) is 43.0 Å². The molecular weight excluding hydrogens is 416 g/mol. The summed E-state index contributed by atoms with van der Waals surface area (Å²) in [5, 5.41) is 6.41. The van der Waals surface area contributed by atoms with Gasteiger partial charge in [0.15, 0.2) is 16.6 Å². The standard InChI is InChI=1S/C22H22N4O4S/c27-20(21(28)24-15-5-6-17-18(11-15)30-13-29-17)23-12-14-7-9-26(10-8-14)22-25-16-3-1-2-4-19(16)31-22/h1-6,11,14H,7-10,12-13H2,(H,23,27)(H,24,28). The van der Waals surface area contributed by atoms with E-state index < -0.39 is 11.8 Å². The third-order valence-electron chi connectivity index (χ3n) is 5.56. The molecule has 2 aromatic carbocycles. The van der Waals surface area contributed by atoms with Crippen LogP contribution in [0.5, 0.6) is 11.5 Å². The average Bonchev–Trinajstić information content (AvgIpc) is 3.44. The number of carbonyl (C=O) groups is 2. The molecule has 2 aliphatic rings. The number of hydrogen-bond donors (Lipinski definition) is 2. The minimum atomic E-state index is -0.689. The van der Waals surface area contributed by atoms with Gasteiger partial charge in [-0.3, -0.25) is 9.59 Å². The van der Waals surface area contributed by atoms with Gasteiger partial charge in [-0.1, -0.05) is 23.5 Å². The summed E-state index contributed by atoms with van der Waals surface area (Å²) in [5.41, 5.74) is 1.53. The number of ether oxygens (including phenoxy) is 2. The lowest BCUT2D eigenvalue weighted by atomic mass is 9.97. The Morgan fingerprint density at radius 2 is 1.87 bits per heavy atom. The normalized spacial score (nSPS) is 15.8. The van der Waals surface area contributed by atoms with Crippen molar-refractivity contribution < 1.29 is 19.1 Å². The predicted molar refractivity (Wildman–Crippen MR) is 119 cm³/mol. The maximum atomic E-state index is 12.2. The van der Waals surface area contributed by atoms with Crippen molar-refractivity contribution in [2.24, 2.45) is 5.92 Å². The first-order valence-electron chi connectivity index (χ1n) is 10.2. The van der Waals surface area contributed by atoms with Crippen molar-refractivity contribution in [1.29, 1.82) is 0 Å². The Morgan fingerprint density at radius 1 is 1.06 bits per heavy atom. The molecule has 8 nitrogen and oxygen atoms in total. The average molecular weight is 439 g/mol. The maximum absolute atomic E-state index is 12.2. The number of anilines is 2. The van der Waals surface area contributed by atoms with Crippen LogP contribution in [-0.2, 0) is 9.59 Å². The van der Waals surface area contributed by atoms with E-state index in [1.165, 1.54) is 4.70 Å². The molecule has 0 bridgehead atoms. The predicted octanol–water partition coefficient (Wildman–Crippen LogP) is 3.00. The number of fused-ring (bicyclic) bond motifs is 2. The Balaban J connectivity index is 1.09. The van der Waals surface area contributed by atoms with Crippen molar-refractivity contribution >= 4 is 44.2 Å². The number of rotatable bonds is 4.